The number of allylic oxidation sites excluding steroid dienone is 1. The van der Waals surface area contributed by atoms with Crippen LogP contribution in [0.3, 0.4) is 0 Å². The summed E-state index contributed by atoms with van der Waals surface area (Å²) in [6.45, 7) is 5.08. The smallest absolute Gasteiger partial charge is 0.158 e. The number of ketones is 1. The molecule has 120 valence electrons. The van der Waals surface area contributed by atoms with Crippen LogP contribution in [0.1, 0.15) is 46.0 Å². The Balaban J connectivity index is 2.21. The van der Waals surface area contributed by atoms with E-state index in [2.05, 4.69) is 24.0 Å². The number of hydrogen-bond donors (Lipinski definition) is 0. The zero-order chi connectivity index (χ0) is 15.9. The van der Waals surface area contributed by atoms with Crippen LogP contribution in [0, 0.1) is 0 Å². The minimum atomic E-state index is 0.181. The van der Waals surface area contributed by atoms with E-state index in [-0.39, 0.29) is 5.78 Å². The molecule has 0 saturated carbocycles. The zero-order valence-electron chi connectivity index (χ0n) is 13.7. The highest BCUT2D eigenvalue weighted by atomic mass is 32.2. The maximum Gasteiger partial charge on any atom is 0.158 e. The maximum atomic E-state index is 11.8. The van der Waals surface area contributed by atoms with Crippen molar-refractivity contribution in [3.05, 3.63) is 29.3 Å². The molecule has 0 fully saturated rings. The van der Waals surface area contributed by atoms with E-state index in [1.165, 1.54) is 24.2 Å². The van der Waals surface area contributed by atoms with Gasteiger partial charge in [0.25, 0.3) is 0 Å². The van der Waals surface area contributed by atoms with Gasteiger partial charge >= 0.3 is 0 Å². The number of methoxy groups -OCH3 is 1. The van der Waals surface area contributed by atoms with Gasteiger partial charge in [0.15, 0.2) is 5.78 Å². The van der Waals surface area contributed by atoms with Gasteiger partial charge in [0.2, 0.25) is 0 Å². The van der Waals surface area contributed by atoms with Crippen molar-refractivity contribution in [1.29, 1.82) is 0 Å². The number of thioether (sulfide) groups is 1. The fourth-order valence-electron chi connectivity index (χ4n) is 2.48. The highest BCUT2D eigenvalue weighted by Crippen LogP contribution is 2.47. The van der Waals surface area contributed by atoms with Crippen molar-refractivity contribution in [3.63, 3.8) is 0 Å². The van der Waals surface area contributed by atoms with Gasteiger partial charge in [0, 0.05) is 30.0 Å². The molecular formula is C18H25NO2S. The Bertz CT molecular complexity index is 554. The second kappa shape index (κ2) is 8.28. The van der Waals surface area contributed by atoms with Crippen LogP contribution in [0.5, 0.6) is 5.75 Å². The second-order valence-electron chi connectivity index (χ2n) is 5.45. The summed E-state index contributed by atoms with van der Waals surface area (Å²) in [5, 5.41) is 1.05. The summed E-state index contributed by atoms with van der Waals surface area (Å²) in [5.74, 6) is 1.04. The molecule has 0 saturated heterocycles. The van der Waals surface area contributed by atoms with Crippen molar-refractivity contribution < 1.29 is 9.53 Å². The molecule has 1 aliphatic heterocycles. The summed E-state index contributed by atoms with van der Waals surface area (Å²) in [4.78, 5) is 15.3. The standard InChI is InChI=1S/C18H25NO2S/c1-4-6-7-8-11-19-16-13-15(21-3)9-10-17(16)22-18(19)12-14(20)5-2/h9-10,12-13H,4-8,11H2,1-3H3/b18-12-. The van der Waals surface area contributed by atoms with Crippen LogP contribution in [0.15, 0.2) is 34.2 Å². The normalized spacial score (nSPS) is 15.2. The van der Waals surface area contributed by atoms with Gasteiger partial charge < -0.3 is 9.64 Å². The fourth-order valence-corrected chi connectivity index (χ4v) is 3.61. The van der Waals surface area contributed by atoms with Crippen molar-refractivity contribution in [1.82, 2.24) is 0 Å². The van der Waals surface area contributed by atoms with E-state index in [1.54, 1.807) is 24.9 Å². The molecule has 0 amide bonds. The molecule has 2 rings (SSSR count). The number of carbonyl (C=O) groups excluding carboxylic acids is 1. The Labute approximate surface area is 137 Å². The minimum Gasteiger partial charge on any atom is -0.497 e. The number of benzene rings is 1. The molecule has 0 radical (unpaired) electrons. The molecular weight excluding hydrogens is 294 g/mol. The van der Waals surface area contributed by atoms with Crippen LogP contribution in [0.2, 0.25) is 0 Å². The molecule has 3 nitrogen and oxygen atoms in total. The van der Waals surface area contributed by atoms with E-state index < -0.39 is 0 Å². The van der Waals surface area contributed by atoms with Crippen molar-refractivity contribution in [2.24, 2.45) is 0 Å². The van der Waals surface area contributed by atoms with E-state index in [1.807, 2.05) is 13.0 Å². The average Bonchev–Trinajstić information content (AvgIpc) is 2.87. The first-order valence-electron chi connectivity index (χ1n) is 8.07. The Kier molecular flexibility index (Phi) is 6.37. The monoisotopic (exact) mass is 319 g/mol. The Hall–Kier alpha value is -1.42. The van der Waals surface area contributed by atoms with Gasteiger partial charge in [-0.1, -0.05) is 44.9 Å². The summed E-state index contributed by atoms with van der Waals surface area (Å²) in [6, 6.07) is 6.13. The first-order valence-corrected chi connectivity index (χ1v) is 8.89. The van der Waals surface area contributed by atoms with Crippen LogP contribution in [-0.2, 0) is 4.79 Å². The molecule has 0 aromatic heterocycles. The molecule has 0 bridgehead atoms. The van der Waals surface area contributed by atoms with Gasteiger partial charge in [-0.25, -0.2) is 0 Å². The van der Waals surface area contributed by atoms with Gasteiger partial charge in [0.05, 0.1) is 17.8 Å². The first-order chi connectivity index (χ1) is 10.7. The number of nitrogens with zero attached hydrogens (tertiary/aromatic N) is 1. The molecule has 22 heavy (non-hydrogen) atoms. The minimum absolute atomic E-state index is 0.181. The third kappa shape index (κ3) is 4.07. The van der Waals surface area contributed by atoms with Crippen molar-refractivity contribution in [2.75, 3.05) is 18.6 Å². The summed E-state index contributed by atoms with van der Waals surface area (Å²) in [7, 11) is 1.69. The van der Waals surface area contributed by atoms with Gasteiger partial charge in [-0.05, 0) is 18.6 Å². The lowest BCUT2D eigenvalue weighted by Crippen LogP contribution is -2.19. The maximum absolute atomic E-state index is 11.8. The predicted octanol–water partition coefficient (Wildman–Crippen LogP) is 5.01. The van der Waals surface area contributed by atoms with E-state index in [9.17, 15) is 4.79 Å². The SMILES string of the molecule is CCCCCCN1/C(=C/C(=O)CC)Sc2ccc(OC)cc21. The quantitative estimate of drug-likeness (QED) is 0.498. The van der Waals surface area contributed by atoms with Crippen LogP contribution >= 0.6 is 11.8 Å². The number of hydrogen-bond acceptors (Lipinski definition) is 4. The molecule has 0 atom stereocenters. The van der Waals surface area contributed by atoms with Crippen LogP contribution in [0.25, 0.3) is 0 Å². The van der Waals surface area contributed by atoms with Gasteiger partial charge in [0.1, 0.15) is 5.75 Å². The molecule has 4 heteroatoms. The lowest BCUT2D eigenvalue weighted by atomic mass is 10.2. The van der Waals surface area contributed by atoms with Crippen LogP contribution in [0.4, 0.5) is 5.69 Å². The van der Waals surface area contributed by atoms with Crippen molar-refractivity contribution in [2.45, 2.75) is 50.8 Å². The molecule has 1 aromatic rings. The number of ether oxygens (including phenoxy) is 1. The molecule has 1 aromatic carbocycles. The number of rotatable bonds is 8. The summed E-state index contributed by atoms with van der Waals surface area (Å²) in [6.07, 6.45) is 7.20. The number of anilines is 1. The Morgan fingerprint density at radius 2 is 2.09 bits per heavy atom. The number of carbonyl (C=O) groups is 1. The highest BCUT2D eigenvalue weighted by molar-refractivity contribution is 8.03. The van der Waals surface area contributed by atoms with Crippen LogP contribution < -0.4 is 9.64 Å². The topological polar surface area (TPSA) is 29.5 Å². The number of unbranched alkanes of at least 4 members (excludes halogenated alkanes) is 3. The van der Waals surface area contributed by atoms with Crippen molar-refractivity contribution >= 4 is 23.2 Å². The first kappa shape index (κ1) is 16.9. The Morgan fingerprint density at radius 3 is 2.77 bits per heavy atom. The van der Waals surface area contributed by atoms with E-state index in [0.717, 1.165) is 29.4 Å². The van der Waals surface area contributed by atoms with E-state index >= 15 is 0 Å². The highest BCUT2D eigenvalue weighted by Gasteiger charge is 2.25. The summed E-state index contributed by atoms with van der Waals surface area (Å²) < 4.78 is 5.35. The lowest BCUT2D eigenvalue weighted by Gasteiger charge is -2.20. The van der Waals surface area contributed by atoms with Gasteiger partial charge in [-0.15, -0.1) is 0 Å². The Morgan fingerprint density at radius 1 is 1.27 bits per heavy atom. The molecule has 0 spiro atoms. The summed E-state index contributed by atoms with van der Waals surface area (Å²) >= 11 is 1.68. The molecule has 0 aliphatic carbocycles. The van der Waals surface area contributed by atoms with Crippen LogP contribution in [-0.4, -0.2) is 19.4 Å². The fraction of sp³-hybridized carbons (Fsp3) is 0.500. The van der Waals surface area contributed by atoms with E-state index in [4.69, 9.17) is 4.74 Å². The molecule has 0 unspecified atom stereocenters. The van der Waals surface area contributed by atoms with Crippen molar-refractivity contribution in [3.8, 4) is 5.75 Å². The van der Waals surface area contributed by atoms with Gasteiger partial charge in [-0.3, -0.25) is 4.79 Å². The molecule has 1 heterocycles. The third-order valence-corrected chi connectivity index (χ3v) is 4.92. The third-order valence-electron chi connectivity index (χ3n) is 3.81. The summed E-state index contributed by atoms with van der Waals surface area (Å²) in [5.41, 5.74) is 1.16. The molecule has 1 aliphatic rings. The zero-order valence-corrected chi connectivity index (χ0v) is 14.5. The second-order valence-corrected chi connectivity index (χ2v) is 6.51. The van der Waals surface area contributed by atoms with E-state index in [0.29, 0.717) is 6.42 Å². The van der Waals surface area contributed by atoms with Gasteiger partial charge in [-0.2, -0.15) is 0 Å². The number of fused-ring (bicyclic) bond motifs is 1. The largest absolute Gasteiger partial charge is 0.497 e. The molecule has 0 N–H and O–H groups in total. The predicted molar refractivity (Wildman–Crippen MR) is 93.7 cm³/mol. The lowest BCUT2D eigenvalue weighted by molar-refractivity contribution is -0.114. The average molecular weight is 319 g/mol.